The van der Waals surface area contributed by atoms with Crippen LogP contribution in [0.3, 0.4) is 0 Å². The van der Waals surface area contributed by atoms with E-state index < -0.39 is 0 Å². The molecule has 1 N–H and O–H groups in total. The van der Waals surface area contributed by atoms with Gasteiger partial charge in [0.1, 0.15) is 5.82 Å². The van der Waals surface area contributed by atoms with E-state index in [4.69, 9.17) is 0 Å². The molecule has 0 fully saturated rings. The molecule has 0 radical (unpaired) electrons. The van der Waals surface area contributed by atoms with Crippen LogP contribution in [0.5, 0.6) is 0 Å². The van der Waals surface area contributed by atoms with E-state index in [1.165, 1.54) is 12.1 Å². The van der Waals surface area contributed by atoms with Crippen molar-refractivity contribution in [3.05, 3.63) is 41.5 Å². The lowest BCUT2D eigenvalue weighted by molar-refractivity contribution is 0.511. The van der Waals surface area contributed by atoms with Gasteiger partial charge in [0.25, 0.3) is 0 Å². The van der Waals surface area contributed by atoms with E-state index in [0.717, 1.165) is 11.4 Å². The quantitative estimate of drug-likeness (QED) is 0.863. The van der Waals surface area contributed by atoms with Crippen LogP contribution in [0.25, 0.3) is 0 Å². The Morgan fingerprint density at radius 3 is 2.71 bits per heavy atom. The summed E-state index contributed by atoms with van der Waals surface area (Å²) in [4.78, 5) is 0. The Morgan fingerprint density at radius 1 is 1.35 bits per heavy atom. The number of halogens is 1. The molecule has 17 heavy (non-hydrogen) atoms. The highest BCUT2D eigenvalue weighted by atomic mass is 19.1. The molecule has 0 amide bonds. The molecule has 1 aromatic carbocycles. The number of nitrogens with zero attached hydrogens (tertiary/aromatic N) is 4. The molecule has 90 valence electrons. The highest BCUT2D eigenvalue weighted by molar-refractivity contribution is 5.20. The third-order valence-corrected chi connectivity index (χ3v) is 2.62. The molecule has 0 aliphatic rings. The van der Waals surface area contributed by atoms with Crippen LogP contribution in [-0.4, -0.2) is 27.3 Å². The van der Waals surface area contributed by atoms with Crippen LogP contribution >= 0.6 is 0 Å². The number of benzene rings is 1. The van der Waals surface area contributed by atoms with Gasteiger partial charge in [0.15, 0.2) is 5.82 Å². The number of hydrogen-bond acceptors (Lipinski definition) is 4. The second kappa shape index (κ2) is 5.01. The monoisotopic (exact) mass is 235 g/mol. The van der Waals surface area contributed by atoms with E-state index in [2.05, 4.69) is 20.8 Å². The topological polar surface area (TPSA) is 55.6 Å². The number of hydrogen-bond donors (Lipinski definition) is 1. The van der Waals surface area contributed by atoms with E-state index in [0.29, 0.717) is 6.54 Å². The van der Waals surface area contributed by atoms with Crippen LogP contribution in [0.2, 0.25) is 0 Å². The van der Waals surface area contributed by atoms with Crippen molar-refractivity contribution in [3.8, 4) is 0 Å². The summed E-state index contributed by atoms with van der Waals surface area (Å²) >= 11 is 0. The van der Waals surface area contributed by atoms with E-state index in [1.54, 1.807) is 16.8 Å². The molecule has 0 saturated heterocycles. The summed E-state index contributed by atoms with van der Waals surface area (Å²) in [5, 5.41) is 14.5. The third kappa shape index (κ3) is 2.47. The van der Waals surface area contributed by atoms with Crippen LogP contribution in [0.15, 0.2) is 24.3 Å². The molecule has 2 rings (SSSR count). The highest BCUT2D eigenvalue weighted by Crippen LogP contribution is 2.17. The average molecular weight is 235 g/mol. The van der Waals surface area contributed by atoms with Gasteiger partial charge in [-0.25, -0.2) is 9.07 Å². The second-order valence-electron chi connectivity index (χ2n) is 3.80. The number of nitrogens with one attached hydrogen (secondary N) is 1. The standard InChI is InChI=1S/C11H14FN5/c1-8(9-3-5-10(12)6-4-9)17-11(7-13-2)14-15-16-17/h3-6,8,13H,7H2,1-2H3. The van der Waals surface area contributed by atoms with Gasteiger partial charge in [-0.3, -0.25) is 0 Å². The first kappa shape index (κ1) is 11.7. The first-order valence-electron chi connectivity index (χ1n) is 5.39. The Bertz CT molecular complexity index is 479. The van der Waals surface area contributed by atoms with Gasteiger partial charge in [-0.05, 0) is 42.1 Å². The van der Waals surface area contributed by atoms with E-state index in [1.807, 2.05) is 14.0 Å². The van der Waals surface area contributed by atoms with Gasteiger partial charge >= 0.3 is 0 Å². The van der Waals surface area contributed by atoms with Crippen LogP contribution in [0, 0.1) is 5.82 Å². The minimum Gasteiger partial charge on any atom is -0.313 e. The lowest BCUT2D eigenvalue weighted by atomic mass is 10.1. The van der Waals surface area contributed by atoms with E-state index in [-0.39, 0.29) is 11.9 Å². The van der Waals surface area contributed by atoms with Crippen molar-refractivity contribution in [2.24, 2.45) is 0 Å². The molecule has 0 bridgehead atoms. The number of tetrazole rings is 1. The van der Waals surface area contributed by atoms with Crippen molar-refractivity contribution < 1.29 is 4.39 Å². The summed E-state index contributed by atoms with van der Waals surface area (Å²) in [5.74, 6) is 0.512. The zero-order valence-electron chi connectivity index (χ0n) is 9.76. The van der Waals surface area contributed by atoms with E-state index in [9.17, 15) is 4.39 Å². The largest absolute Gasteiger partial charge is 0.313 e. The minimum atomic E-state index is -0.242. The van der Waals surface area contributed by atoms with Gasteiger partial charge in [0.05, 0.1) is 12.6 Å². The van der Waals surface area contributed by atoms with Crippen molar-refractivity contribution in [1.29, 1.82) is 0 Å². The summed E-state index contributed by atoms with van der Waals surface area (Å²) in [7, 11) is 1.83. The van der Waals surface area contributed by atoms with Gasteiger partial charge in [0.2, 0.25) is 0 Å². The van der Waals surface area contributed by atoms with Crippen molar-refractivity contribution in [2.45, 2.75) is 19.5 Å². The fourth-order valence-electron chi connectivity index (χ4n) is 1.67. The molecule has 0 spiro atoms. The molecule has 1 atom stereocenters. The summed E-state index contributed by atoms with van der Waals surface area (Å²) in [5.41, 5.74) is 0.969. The van der Waals surface area contributed by atoms with Crippen molar-refractivity contribution >= 4 is 0 Å². The van der Waals surface area contributed by atoms with Gasteiger partial charge in [-0.2, -0.15) is 0 Å². The first-order chi connectivity index (χ1) is 8.22. The van der Waals surface area contributed by atoms with Crippen molar-refractivity contribution in [3.63, 3.8) is 0 Å². The zero-order valence-corrected chi connectivity index (χ0v) is 9.76. The summed E-state index contributed by atoms with van der Waals surface area (Å²) in [6, 6.07) is 6.34. The van der Waals surface area contributed by atoms with Gasteiger partial charge in [0, 0.05) is 0 Å². The van der Waals surface area contributed by atoms with Gasteiger partial charge in [-0.15, -0.1) is 5.10 Å². The fourth-order valence-corrected chi connectivity index (χ4v) is 1.67. The van der Waals surface area contributed by atoms with E-state index >= 15 is 0 Å². The third-order valence-electron chi connectivity index (χ3n) is 2.62. The van der Waals surface area contributed by atoms with Crippen LogP contribution in [0.1, 0.15) is 24.4 Å². The molecule has 0 aliphatic carbocycles. The van der Waals surface area contributed by atoms with Gasteiger partial charge < -0.3 is 5.32 Å². The summed E-state index contributed by atoms with van der Waals surface area (Å²) < 4.78 is 14.6. The molecule has 6 heteroatoms. The molecule has 1 unspecified atom stereocenters. The molecule has 0 aliphatic heterocycles. The lowest BCUT2D eigenvalue weighted by Crippen LogP contribution is -2.17. The van der Waals surface area contributed by atoms with Crippen LogP contribution in [0.4, 0.5) is 4.39 Å². The molecule has 1 aromatic heterocycles. The second-order valence-corrected chi connectivity index (χ2v) is 3.80. The molecule has 5 nitrogen and oxygen atoms in total. The molecular formula is C11H14FN5. The Balaban J connectivity index is 2.26. The SMILES string of the molecule is CNCc1nnnn1C(C)c1ccc(F)cc1. The van der Waals surface area contributed by atoms with Crippen molar-refractivity contribution in [1.82, 2.24) is 25.5 Å². The molecular weight excluding hydrogens is 221 g/mol. The molecule has 0 saturated carbocycles. The smallest absolute Gasteiger partial charge is 0.165 e. The van der Waals surface area contributed by atoms with Crippen molar-refractivity contribution in [2.75, 3.05) is 7.05 Å². The van der Waals surface area contributed by atoms with Crippen LogP contribution < -0.4 is 5.32 Å². The zero-order chi connectivity index (χ0) is 12.3. The predicted molar refractivity (Wildman–Crippen MR) is 60.8 cm³/mol. The van der Waals surface area contributed by atoms with Crippen LogP contribution in [-0.2, 0) is 6.54 Å². The average Bonchev–Trinajstić information content (AvgIpc) is 2.78. The Hall–Kier alpha value is -1.82. The first-order valence-corrected chi connectivity index (χ1v) is 5.39. The lowest BCUT2D eigenvalue weighted by Gasteiger charge is -2.13. The maximum Gasteiger partial charge on any atom is 0.165 e. The maximum absolute atomic E-state index is 12.8. The minimum absolute atomic E-state index is 0.0195. The highest BCUT2D eigenvalue weighted by Gasteiger charge is 2.14. The summed E-state index contributed by atoms with van der Waals surface area (Å²) in [6.07, 6.45) is 0. The predicted octanol–water partition coefficient (Wildman–Crippen LogP) is 1.14. The normalized spacial score (nSPS) is 12.6. The number of rotatable bonds is 4. The number of aromatic nitrogens is 4. The molecule has 1 heterocycles. The van der Waals surface area contributed by atoms with Gasteiger partial charge in [-0.1, -0.05) is 12.1 Å². The maximum atomic E-state index is 12.8. The molecule has 2 aromatic rings. The Morgan fingerprint density at radius 2 is 2.06 bits per heavy atom. The Kier molecular flexibility index (Phi) is 3.43. The fraction of sp³-hybridized carbons (Fsp3) is 0.364. The Labute approximate surface area is 98.6 Å². The summed E-state index contributed by atoms with van der Waals surface area (Å²) in [6.45, 7) is 2.57.